The first kappa shape index (κ1) is 35.5. The minimum atomic E-state index is -1.16. The van der Waals surface area contributed by atoms with E-state index in [2.05, 4.69) is 21.3 Å². The summed E-state index contributed by atoms with van der Waals surface area (Å²) in [6, 6.07) is 5.25. The van der Waals surface area contributed by atoms with Crippen LogP contribution in [-0.2, 0) is 30.4 Å². The quantitative estimate of drug-likeness (QED) is 0.115. The lowest BCUT2D eigenvalue weighted by Crippen LogP contribution is -2.58. The average molecular weight is 577 g/mol. The fourth-order valence-corrected chi connectivity index (χ4v) is 4.15. The largest absolute Gasteiger partial charge is 0.480 e. The molecule has 0 aliphatic heterocycles. The molecule has 0 aromatic heterocycles. The van der Waals surface area contributed by atoms with Gasteiger partial charge in [-0.3, -0.25) is 19.2 Å². The van der Waals surface area contributed by atoms with Crippen LogP contribution in [0.5, 0.6) is 0 Å². The lowest BCUT2D eigenvalue weighted by Gasteiger charge is -2.27. The first-order chi connectivity index (χ1) is 19.4. The minimum absolute atomic E-state index is 0.0424. The number of hydrogen-bond donors (Lipinski definition) is 7. The highest BCUT2D eigenvalue weighted by atomic mass is 16.4. The van der Waals surface area contributed by atoms with Crippen LogP contribution in [-0.4, -0.2) is 72.0 Å². The zero-order valence-electron chi connectivity index (χ0n) is 24.7. The zero-order chi connectivity index (χ0) is 30.9. The fourth-order valence-electron chi connectivity index (χ4n) is 4.15. The van der Waals surface area contributed by atoms with Crippen LogP contribution in [0.1, 0.15) is 65.4 Å². The molecule has 1 rings (SSSR count). The van der Waals surface area contributed by atoms with Gasteiger partial charge < -0.3 is 37.8 Å². The number of unbranched alkanes of at least 4 members (excludes halogenated alkanes) is 1. The molecule has 1 aromatic rings. The summed E-state index contributed by atoms with van der Waals surface area (Å²) in [5, 5.41) is 19.7. The number of amides is 4. The number of nitrogens with one attached hydrogen (secondary N) is 4. The molecule has 12 nitrogen and oxygen atoms in total. The van der Waals surface area contributed by atoms with Gasteiger partial charge in [-0.1, -0.05) is 70.9 Å². The lowest BCUT2D eigenvalue weighted by atomic mass is 9.97. The Morgan fingerprint density at radius 1 is 0.878 bits per heavy atom. The highest BCUT2D eigenvalue weighted by Gasteiger charge is 2.31. The molecule has 0 bridgehead atoms. The van der Waals surface area contributed by atoms with Crippen LogP contribution in [0.15, 0.2) is 30.3 Å². The molecular weight excluding hydrogens is 528 g/mol. The number of benzene rings is 1. The third-order valence-corrected chi connectivity index (χ3v) is 6.78. The van der Waals surface area contributed by atoms with Crippen molar-refractivity contribution in [1.82, 2.24) is 21.3 Å². The predicted molar refractivity (Wildman–Crippen MR) is 156 cm³/mol. The van der Waals surface area contributed by atoms with E-state index < -0.39 is 60.3 Å². The summed E-state index contributed by atoms with van der Waals surface area (Å²) < 4.78 is 0. The molecule has 0 radical (unpaired) electrons. The molecule has 0 saturated heterocycles. The Morgan fingerprint density at radius 2 is 1.54 bits per heavy atom. The second kappa shape index (κ2) is 18.8. The molecule has 0 unspecified atom stereocenters. The van der Waals surface area contributed by atoms with E-state index in [0.717, 1.165) is 12.0 Å². The number of rotatable bonds is 19. The maximum atomic E-state index is 13.5. The van der Waals surface area contributed by atoms with E-state index in [4.69, 9.17) is 11.5 Å². The van der Waals surface area contributed by atoms with Crippen LogP contribution in [0, 0.1) is 11.8 Å². The van der Waals surface area contributed by atoms with Gasteiger partial charge in [-0.2, -0.15) is 0 Å². The number of carboxylic acid groups (broad SMARTS) is 1. The first-order valence-electron chi connectivity index (χ1n) is 14.3. The summed E-state index contributed by atoms with van der Waals surface area (Å²) in [6.07, 6.45) is 2.79. The van der Waals surface area contributed by atoms with E-state index in [-0.39, 0.29) is 24.7 Å². The van der Waals surface area contributed by atoms with Gasteiger partial charge in [-0.05, 0) is 43.2 Å². The maximum Gasteiger partial charge on any atom is 0.326 e. The Balaban J connectivity index is 2.97. The molecule has 0 saturated carbocycles. The molecule has 9 N–H and O–H groups in total. The fraction of sp³-hybridized carbons (Fsp3) is 0.621. The molecule has 12 heteroatoms. The Hall–Kier alpha value is -3.51. The predicted octanol–water partition coefficient (Wildman–Crippen LogP) is 0.433. The van der Waals surface area contributed by atoms with E-state index in [1.54, 1.807) is 6.92 Å². The molecule has 1 aromatic carbocycles. The SMILES string of the molecule is CC[C@H](C)[C@H](NC(=O)[C@H](Cc1ccccc1)NC(=O)[C@@H](N)CCCCN)C(=O)NCC(=O)N[C@@H](CC(C)C)C(=O)O. The van der Waals surface area contributed by atoms with Gasteiger partial charge >= 0.3 is 5.97 Å². The summed E-state index contributed by atoms with van der Waals surface area (Å²) in [7, 11) is 0. The van der Waals surface area contributed by atoms with Crippen molar-refractivity contribution in [2.75, 3.05) is 13.1 Å². The van der Waals surface area contributed by atoms with E-state index >= 15 is 0 Å². The Kier molecular flexibility index (Phi) is 16.3. The van der Waals surface area contributed by atoms with Crippen molar-refractivity contribution >= 4 is 29.6 Å². The molecule has 0 spiro atoms. The summed E-state index contributed by atoms with van der Waals surface area (Å²) in [5.74, 6) is -3.71. The Labute approximate surface area is 242 Å². The standard InChI is InChI=1S/C29H48N6O6/c1-5-19(4)25(28(39)32-17-24(36)33-23(29(40)41)15-18(2)3)35-27(38)22(16-20-11-7-6-8-12-20)34-26(37)21(31)13-9-10-14-30/h6-8,11-12,18-19,21-23,25H,5,9-10,13-17,30-31H2,1-4H3,(H,32,39)(H,33,36)(H,34,37)(H,35,38)(H,40,41)/t19-,21-,22-,23-,25-/m0/s1. The number of nitrogens with two attached hydrogens (primary N) is 2. The van der Waals surface area contributed by atoms with Crippen molar-refractivity contribution in [2.45, 2.75) is 90.4 Å². The number of carboxylic acids is 1. The summed E-state index contributed by atoms with van der Waals surface area (Å²) in [5.41, 5.74) is 12.4. The third-order valence-electron chi connectivity index (χ3n) is 6.78. The smallest absolute Gasteiger partial charge is 0.326 e. The van der Waals surface area contributed by atoms with Crippen LogP contribution in [0.25, 0.3) is 0 Å². The van der Waals surface area contributed by atoms with Gasteiger partial charge in [-0.25, -0.2) is 4.79 Å². The van der Waals surface area contributed by atoms with Crippen molar-refractivity contribution in [3.05, 3.63) is 35.9 Å². The van der Waals surface area contributed by atoms with Crippen LogP contribution in [0.2, 0.25) is 0 Å². The van der Waals surface area contributed by atoms with E-state index in [9.17, 15) is 29.1 Å². The normalized spacial score (nSPS) is 14.7. The lowest BCUT2D eigenvalue weighted by molar-refractivity contribution is -0.142. The van der Waals surface area contributed by atoms with Crippen LogP contribution >= 0.6 is 0 Å². The second-order valence-corrected chi connectivity index (χ2v) is 10.8. The van der Waals surface area contributed by atoms with Gasteiger partial charge in [0.25, 0.3) is 0 Å². The average Bonchev–Trinajstić information content (AvgIpc) is 2.93. The summed E-state index contributed by atoms with van der Waals surface area (Å²) in [4.78, 5) is 63.2. The van der Waals surface area contributed by atoms with Crippen molar-refractivity contribution in [3.63, 3.8) is 0 Å². The minimum Gasteiger partial charge on any atom is -0.480 e. The molecule has 0 aliphatic rings. The van der Waals surface area contributed by atoms with Gasteiger partial charge in [0.2, 0.25) is 23.6 Å². The zero-order valence-corrected chi connectivity index (χ0v) is 24.7. The molecule has 230 valence electrons. The van der Waals surface area contributed by atoms with Crippen molar-refractivity contribution in [3.8, 4) is 0 Å². The maximum absolute atomic E-state index is 13.5. The first-order valence-corrected chi connectivity index (χ1v) is 14.3. The number of carbonyl (C=O) groups is 5. The number of hydrogen-bond acceptors (Lipinski definition) is 7. The van der Waals surface area contributed by atoms with Crippen molar-refractivity contribution in [2.24, 2.45) is 23.3 Å². The van der Waals surface area contributed by atoms with Crippen molar-refractivity contribution < 1.29 is 29.1 Å². The number of aliphatic carboxylic acids is 1. The highest BCUT2D eigenvalue weighted by molar-refractivity contribution is 5.94. The van der Waals surface area contributed by atoms with Crippen molar-refractivity contribution in [1.29, 1.82) is 0 Å². The van der Waals surface area contributed by atoms with Crippen LogP contribution < -0.4 is 32.7 Å². The Morgan fingerprint density at radius 3 is 2.10 bits per heavy atom. The number of carbonyl (C=O) groups excluding carboxylic acids is 4. The summed E-state index contributed by atoms with van der Waals surface area (Å²) >= 11 is 0. The topological polar surface area (TPSA) is 206 Å². The molecule has 4 amide bonds. The second-order valence-electron chi connectivity index (χ2n) is 10.8. The van der Waals surface area contributed by atoms with E-state index in [1.165, 1.54) is 0 Å². The van der Waals surface area contributed by atoms with Gasteiger partial charge in [0, 0.05) is 6.42 Å². The third kappa shape index (κ3) is 13.6. The monoisotopic (exact) mass is 576 g/mol. The van der Waals surface area contributed by atoms with Gasteiger partial charge in [-0.15, -0.1) is 0 Å². The molecule has 0 aliphatic carbocycles. The van der Waals surface area contributed by atoms with Crippen LogP contribution in [0.4, 0.5) is 0 Å². The summed E-state index contributed by atoms with van der Waals surface area (Å²) in [6.45, 7) is 7.36. The van der Waals surface area contributed by atoms with Crippen LogP contribution in [0.3, 0.4) is 0 Å². The molecule has 0 heterocycles. The van der Waals surface area contributed by atoms with E-state index in [0.29, 0.717) is 25.8 Å². The van der Waals surface area contributed by atoms with Gasteiger partial charge in [0.15, 0.2) is 0 Å². The molecule has 0 fully saturated rings. The highest BCUT2D eigenvalue weighted by Crippen LogP contribution is 2.11. The molecule has 5 atom stereocenters. The Bertz CT molecular complexity index is 989. The van der Waals surface area contributed by atoms with E-state index in [1.807, 2.05) is 51.1 Å². The molecular formula is C29H48N6O6. The van der Waals surface area contributed by atoms with Gasteiger partial charge in [0.1, 0.15) is 18.1 Å². The molecule has 41 heavy (non-hydrogen) atoms. The van der Waals surface area contributed by atoms with Gasteiger partial charge in [0.05, 0.1) is 12.6 Å².